The van der Waals surface area contributed by atoms with Crippen molar-refractivity contribution in [1.82, 2.24) is 10.2 Å². The number of nitrogens with zero attached hydrogens (tertiary/aromatic N) is 1. The highest BCUT2D eigenvalue weighted by Crippen LogP contribution is 2.30. The molecule has 2 aromatic rings. The number of hydrogen-bond donors (Lipinski definition) is 1. The Kier molecular flexibility index (Phi) is 3.44. The molecule has 0 saturated carbocycles. The first kappa shape index (κ1) is 11.8. The van der Waals surface area contributed by atoms with Crippen molar-refractivity contribution < 1.29 is 0 Å². The number of nitrogens with one attached hydrogen (secondary N) is 1. The molecule has 0 spiro atoms. The molecule has 2 rings (SSSR count). The maximum Gasteiger partial charge on any atom is 0.272 e. The average molecular weight is 346 g/mol. The highest BCUT2D eigenvalue weighted by atomic mass is 79.9. The van der Waals surface area contributed by atoms with Crippen LogP contribution >= 0.6 is 31.9 Å². The topological polar surface area (TPSA) is 45.8 Å². The summed E-state index contributed by atoms with van der Waals surface area (Å²) in [5.41, 5.74) is 0.723. The molecule has 16 heavy (non-hydrogen) atoms. The van der Waals surface area contributed by atoms with Crippen LogP contribution in [0.2, 0.25) is 0 Å². The van der Waals surface area contributed by atoms with Gasteiger partial charge in [-0.2, -0.15) is 5.10 Å². The van der Waals surface area contributed by atoms with Crippen molar-refractivity contribution in [2.75, 3.05) is 0 Å². The number of benzene rings is 1. The Morgan fingerprint density at radius 2 is 2.19 bits per heavy atom. The van der Waals surface area contributed by atoms with Crippen LogP contribution in [0, 0.1) is 0 Å². The van der Waals surface area contributed by atoms with Gasteiger partial charge >= 0.3 is 0 Å². The molecular formula is C11H10Br2N2O. The third kappa shape index (κ3) is 2.06. The minimum Gasteiger partial charge on any atom is -0.267 e. The molecular weight excluding hydrogens is 336 g/mol. The number of H-pyrrole nitrogens is 1. The first-order chi connectivity index (χ1) is 7.63. The second kappa shape index (κ2) is 4.67. The van der Waals surface area contributed by atoms with Gasteiger partial charge in [0.2, 0.25) is 0 Å². The lowest BCUT2D eigenvalue weighted by Crippen LogP contribution is -2.11. The molecule has 1 N–H and O–H groups in total. The summed E-state index contributed by atoms with van der Waals surface area (Å²) in [6.07, 6.45) is 0.917. The van der Waals surface area contributed by atoms with E-state index in [2.05, 4.69) is 49.0 Å². The van der Waals surface area contributed by atoms with Crippen molar-refractivity contribution >= 4 is 42.6 Å². The lowest BCUT2D eigenvalue weighted by Gasteiger charge is -2.09. The fourth-order valence-corrected chi connectivity index (χ4v) is 2.30. The van der Waals surface area contributed by atoms with E-state index in [1.165, 1.54) is 0 Å². The summed E-state index contributed by atoms with van der Waals surface area (Å²) >= 11 is 6.96. The molecule has 1 aromatic carbocycles. The minimum atomic E-state index is -0.151. The fraction of sp³-hybridized carbons (Fsp3) is 0.273. The number of aromatic amines is 1. The molecule has 0 amide bonds. The summed E-state index contributed by atoms with van der Waals surface area (Å²) in [5, 5.41) is 8.20. The van der Waals surface area contributed by atoms with Gasteiger partial charge in [0.1, 0.15) is 0 Å². The van der Waals surface area contributed by atoms with Crippen molar-refractivity contribution in [3.8, 4) is 0 Å². The molecule has 0 aliphatic heterocycles. The predicted octanol–water partition coefficient (Wildman–Crippen LogP) is 3.53. The van der Waals surface area contributed by atoms with Crippen molar-refractivity contribution in [3.05, 3.63) is 38.7 Å². The van der Waals surface area contributed by atoms with E-state index in [1.807, 2.05) is 12.1 Å². The highest BCUT2D eigenvalue weighted by Gasteiger charge is 2.13. The normalized spacial score (nSPS) is 12.9. The van der Waals surface area contributed by atoms with Crippen LogP contribution in [0.4, 0.5) is 0 Å². The molecule has 5 heteroatoms. The Labute approximate surface area is 110 Å². The number of alkyl halides is 1. The van der Waals surface area contributed by atoms with Gasteiger partial charge in [0, 0.05) is 9.86 Å². The van der Waals surface area contributed by atoms with Gasteiger partial charge in [-0.15, -0.1) is 0 Å². The van der Waals surface area contributed by atoms with Crippen LogP contribution in [0.25, 0.3) is 10.8 Å². The smallest absolute Gasteiger partial charge is 0.267 e. The fourth-order valence-electron chi connectivity index (χ4n) is 1.59. The van der Waals surface area contributed by atoms with E-state index in [0.29, 0.717) is 5.39 Å². The molecule has 0 radical (unpaired) electrons. The lowest BCUT2D eigenvalue weighted by molar-refractivity contribution is 0.836. The molecule has 1 aromatic heterocycles. The van der Waals surface area contributed by atoms with Gasteiger partial charge in [0.25, 0.3) is 5.56 Å². The molecule has 0 fully saturated rings. The third-order valence-electron chi connectivity index (χ3n) is 2.44. The standard InChI is InChI=1S/C11H10Br2N2O/c1-2-9(13)10-8-5-6(12)3-4-7(8)11(16)15-14-10/h3-5,9H,2H2,1H3,(H,15,16). The first-order valence-electron chi connectivity index (χ1n) is 4.95. The largest absolute Gasteiger partial charge is 0.272 e. The monoisotopic (exact) mass is 344 g/mol. The van der Waals surface area contributed by atoms with Gasteiger partial charge in [-0.3, -0.25) is 4.79 Å². The SMILES string of the molecule is CCC(Br)c1n[nH]c(=O)c2ccc(Br)cc12. The maximum absolute atomic E-state index is 11.6. The first-order valence-corrected chi connectivity index (χ1v) is 6.66. The van der Waals surface area contributed by atoms with Crippen molar-refractivity contribution in [2.24, 2.45) is 0 Å². The summed E-state index contributed by atoms with van der Waals surface area (Å²) in [6, 6.07) is 5.59. The summed E-state index contributed by atoms with van der Waals surface area (Å²) in [6.45, 7) is 2.07. The second-order valence-electron chi connectivity index (χ2n) is 3.50. The number of rotatable bonds is 2. The molecule has 0 saturated heterocycles. The number of aromatic nitrogens is 2. The van der Waals surface area contributed by atoms with E-state index < -0.39 is 0 Å². The van der Waals surface area contributed by atoms with Gasteiger partial charge in [0.05, 0.1) is 15.9 Å². The van der Waals surface area contributed by atoms with Gasteiger partial charge in [-0.25, -0.2) is 5.10 Å². The molecule has 1 unspecified atom stereocenters. The van der Waals surface area contributed by atoms with Crippen molar-refractivity contribution in [1.29, 1.82) is 0 Å². The molecule has 84 valence electrons. The van der Waals surface area contributed by atoms with Crippen LogP contribution in [0.15, 0.2) is 27.5 Å². The molecule has 0 bridgehead atoms. The summed E-state index contributed by atoms with van der Waals surface area (Å²) in [4.78, 5) is 11.8. The van der Waals surface area contributed by atoms with Crippen LogP contribution in [0.3, 0.4) is 0 Å². The quantitative estimate of drug-likeness (QED) is 0.846. The Morgan fingerprint density at radius 1 is 1.44 bits per heavy atom. The number of hydrogen-bond acceptors (Lipinski definition) is 2. The Morgan fingerprint density at radius 3 is 2.88 bits per heavy atom. The molecule has 3 nitrogen and oxygen atoms in total. The minimum absolute atomic E-state index is 0.151. The molecule has 1 atom stereocenters. The molecule has 1 heterocycles. The van der Waals surface area contributed by atoms with Crippen molar-refractivity contribution in [3.63, 3.8) is 0 Å². The maximum atomic E-state index is 11.6. The average Bonchev–Trinajstić information content (AvgIpc) is 2.28. The van der Waals surface area contributed by atoms with Crippen LogP contribution in [0.5, 0.6) is 0 Å². The van der Waals surface area contributed by atoms with E-state index in [0.717, 1.165) is 22.0 Å². The third-order valence-corrected chi connectivity index (χ3v) is 4.01. The van der Waals surface area contributed by atoms with E-state index in [1.54, 1.807) is 6.07 Å². The van der Waals surface area contributed by atoms with Gasteiger partial charge in [-0.1, -0.05) is 38.8 Å². The van der Waals surface area contributed by atoms with Gasteiger partial charge in [-0.05, 0) is 24.6 Å². The zero-order valence-electron chi connectivity index (χ0n) is 8.63. The predicted molar refractivity (Wildman–Crippen MR) is 72.0 cm³/mol. The summed E-state index contributed by atoms with van der Waals surface area (Å²) in [7, 11) is 0. The van der Waals surface area contributed by atoms with Crippen LogP contribution in [-0.2, 0) is 0 Å². The molecule has 0 aliphatic carbocycles. The van der Waals surface area contributed by atoms with Gasteiger partial charge in [0.15, 0.2) is 0 Å². The molecule has 0 aliphatic rings. The van der Waals surface area contributed by atoms with Crippen LogP contribution < -0.4 is 5.56 Å². The number of halogens is 2. The van der Waals surface area contributed by atoms with E-state index >= 15 is 0 Å². The second-order valence-corrected chi connectivity index (χ2v) is 5.52. The lowest BCUT2D eigenvalue weighted by atomic mass is 10.1. The van der Waals surface area contributed by atoms with Crippen LogP contribution in [0.1, 0.15) is 23.9 Å². The Hall–Kier alpha value is -0.680. The van der Waals surface area contributed by atoms with E-state index in [4.69, 9.17) is 0 Å². The summed E-state index contributed by atoms with van der Waals surface area (Å²) in [5.74, 6) is 0. The zero-order valence-corrected chi connectivity index (χ0v) is 11.8. The van der Waals surface area contributed by atoms with E-state index in [-0.39, 0.29) is 10.4 Å². The van der Waals surface area contributed by atoms with E-state index in [9.17, 15) is 4.79 Å². The zero-order chi connectivity index (χ0) is 11.7. The Balaban J connectivity index is 2.80. The van der Waals surface area contributed by atoms with Gasteiger partial charge < -0.3 is 0 Å². The Bertz CT molecular complexity index is 580. The van der Waals surface area contributed by atoms with Crippen molar-refractivity contribution in [2.45, 2.75) is 18.2 Å². The summed E-state index contributed by atoms with van der Waals surface area (Å²) < 4.78 is 0.949. The highest BCUT2D eigenvalue weighted by molar-refractivity contribution is 9.10. The number of fused-ring (bicyclic) bond motifs is 1. The van der Waals surface area contributed by atoms with Crippen LogP contribution in [-0.4, -0.2) is 10.2 Å².